The van der Waals surface area contributed by atoms with Gasteiger partial charge in [-0.3, -0.25) is 24.1 Å². The topological polar surface area (TPSA) is 207 Å². The number of carbonyl (C=O) groups is 4. The van der Waals surface area contributed by atoms with Gasteiger partial charge in [-0.1, -0.05) is 62.3 Å². The Balaban J connectivity index is 5.97. The molecule has 0 aliphatic rings. The van der Waals surface area contributed by atoms with Crippen LogP contribution in [0.1, 0.15) is 95.4 Å². The molecule has 0 heterocycles. The van der Waals surface area contributed by atoms with Crippen LogP contribution in [0.15, 0.2) is 0 Å². The third-order valence-corrected chi connectivity index (χ3v) is 10.5. The SMILES string of the molecule is CC(CC(C)(C)C(C)(C(=O)OCC(O)CN(CCC(=O)NCCN)CCC(=O)NCCN)C(C)(C)C)C(C)(C(=O)OCCO)C(C)(C)C. The highest BCUT2D eigenvalue weighted by molar-refractivity contribution is 5.79. The maximum atomic E-state index is 14.1. The van der Waals surface area contributed by atoms with Gasteiger partial charge in [-0.15, -0.1) is 0 Å². The van der Waals surface area contributed by atoms with E-state index < -0.39 is 45.1 Å². The van der Waals surface area contributed by atoms with Crippen molar-refractivity contribution in [3.63, 3.8) is 0 Å². The van der Waals surface area contributed by atoms with E-state index in [4.69, 9.17) is 20.9 Å². The van der Waals surface area contributed by atoms with Crippen LogP contribution in [-0.2, 0) is 28.7 Å². The van der Waals surface area contributed by atoms with Gasteiger partial charge in [0.1, 0.15) is 19.3 Å². The maximum absolute atomic E-state index is 14.1. The van der Waals surface area contributed by atoms with Gasteiger partial charge in [0, 0.05) is 58.7 Å². The molecule has 4 atom stereocenters. The van der Waals surface area contributed by atoms with Gasteiger partial charge in [-0.05, 0) is 42.4 Å². The molecule has 0 spiro atoms. The lowest BCUT2D eigenvalue weighted by Crippen LogP contribution is -2.55. The Morgan fingerprint density at radius 1 is 0.771 bits per heavy atom. The normalized spacial score (nSPS) is 16.3. The molecular formula is C35H69N5O8. The number of aliphatic hydroxyl groups is 2. The molecule has 0 saturated heterocycles. The molecule has 2 amide bonds. The van der Waals surface area contributed by atoms with E-state index >= 15 is 0 Å². The van der Waals surface area contributed by atoms with Crippen molar-refractivity contribution in [2.45, 2.75) is 102 Å². The smallest absolute Gasteiger partial charge is 0.312 e. The summed E-state index contributed by atoms with van der Waals surface area (Å²) in [6, 6.07) is 0. The van der Waals surface area contributed by atoms with Crippen molar-refractivity contribution in [2.75, 3.05) is 65.6 Å². The van der Waals surface area contributed by atoms with E-state index in [9.17, 15) is 29.4 Å². The van der Waals surface area contributed by atoms with Crippen LogP contribution in [0, 0.1) is 33.0 Å². The lowest BCUT2D eigenvalue weighted by Gasteiger charge is -2.54. The Bertz CT molecular complexity index is 1000. The van der Waals surface area contributed by atoms with Gasteiger partial charge in [0.15, 0.2) is 0 Å². The number of hydrogen-bond donors (Lipinski definition) is 6. The highest BCUT2D eigenvalue weighted by Crippen LogP contribution is 2.58. The molecule has 13 nitrogen and oxygen atoms in total. The summed E-state index contributed by atoms with van der Waals surface area (Å²) in [4.78, 5) is 53.7. The van der Waals surface area contributed by atoms with Crippen LogP contribution in [0.2, 0.25) is 0 Å². The van der Waals surface area contributed by atoms with Crippen LogP contribution in [0.25, 0.3) is 0 Å². The number of ether oxygens (including phenoxy) is 2. The summed E-state index contributed by atoms with van der Waals surface area (Å²) >= 11 is 0. The number of nitrogens with one attached hydrogen (secondary N) is 2. The summed E-state index contributed by atoms with van der Waals surface area (Å²) in [5.41, 5.74) is 7.21. The first kappa shape index (κ1) is 45.7. The van der Waals surface area contributed by atoms with Gasteiger partial charge in [-0.2, -0.15) is 0 Å². The van der Waals surface area contributed by atoms with E-state index in [1.807, 2.05) is 76.2 Å². The molecule has 0 aromatic rings. The zero-order valence-corrected chi connectivity index (χ0v) is 31.8. The van der Waals surface area contributed by atoms with Crippen LogP contribution in [-0.4, -0.2) is 111 Å². The summed E-state index contributed by atoms with van der Waals surface area (Å²) < 4.78 is 11.3. The Hall–Kier alpha value is -2.32. The van der Waals surface area contributed by atoms with Crippen molar-refractivity contribution in [1.29, 1.82) is 0 Å². The van der Waals surface area contributed by atoms with Crippen LogP contribution >= 0.6 is 0 Å². The average molecular weight is 688 g/mol. The van der Waals surface area contributed by atoms with Crippen molar-refractivity contribution in [1.82, 2.24) is 15.5 Å². The molecule has 0 saturated carbocycles. The molecule has 0 radical (unpaired) electrons. The molecule has 0 aromatic carbocycles. The number of nitrogens with two attached hydrogens (primary N) is 2. The fraction of sp³-hybridized carbons (Fsp3) is 0.886. The van der Waals surface area contributed by atoms with Gasteiger partial charge in [-0.25, -0.2) is 0 Å². The van der Waals surface area contributed by atoms with Crippen molar-refractivity contribution in [3.05, 3.63) is 0 Å². The summed E-state index contributed by atoms with van der Waals surface area (Å²) in [5.74, 6) is -1.48. The Morgan fingerprint density at radius 3 is 1.65 bits per heavy atom. The Kier molecular flexibility index (Phi) is 18.8. The highest BCUT2D eigenvalue weighted by atomic mass is 16.5. The summed E-state index contributed by atoms with van der Waals surface area (Å²) in [5, 5.41) is 25.7. The van der Waals surface area contributed by atoms with Crippen LogP contribution in [0.4, 0.5) is 0 Å². The zero-order chi connectivity index (χ0) is 37.6. The largest absolute Gasteiger partial charge is 0.463 e. The van der Waals surface area contributed by atoms with Gasteiger partial charge in [0.25, 0.3) is 0 Å². The number of hydrogen-bond acceptors (Lipinski definition) is 11. The van der Waals surface area contributed by atoms with Gasteiger partial charge in [0.2, 0.25) is 11.8 Å². The second kappa shape index (κ2) is 19.8. The minimum Gasteiger partial charge on any atom is -0.463 e. The molecular weight excluding hydrogens is 618 g/mol. The predicted octanol–water partition coefficient (Wildman–Crippen LogP) is 1.82. The van der Waals surface area contributed by atoms with Crippen LogP contribution < -0.4 is 22.1 Å². The standard InChI is InChI=1S/C35H69N5O8/c1-25(34(10,31(2,3)4)29(45)47-21-20-41)22-33(8,9)35(11,32(5,6)7)30(46)48-24-26(42)23-40(18-12-27(43)38-16-14-36)19-13-28(44)39-17-15-37/h25-26,41-42H,12-24,36-37H2,1-11H3,(H,38,43)(H,39,44). The minimum absolute atomic E-state index is 0.0775. The molecule has 13 heteroatoms. The summed E-state index contributed by atoms with van der Waals surface area (Å²) in [7, 11) is 0. The van der Waals surface area contributed by atoms with Crippen molar-refractivity contribution in [2.24, 2.45) is 44.5 Å². The predicted molar refractivity (Wildman–Crippen MR) is 187 cm³/mol. The average Bonchev–Trinajstić information content (AvgIpc) is 2.98. The molecule has 8 N–H and O–H groups in total. The molecule has 0 bridgehead atoms. The van der Waals surface area contributed by atoms with E-state index in [0.717, 1.165) is 0 Å². The second-order valence-electron chi connectivity index (χ2n) is 16.0. The number of esters is 2. The van der Waals surface area contributed by atoms with Crippen molar-refractivity contribution >= 4 is 23.8 Å². The Labute approximate surface area is 289 Å². The monoisotopic (exact) mass is 688 g/mol. The molecule has 0 rings (SSSR count). The number of rotatable bonds is 22. The molecule has 48 heavy (non-hydrogen) atoms. The second-order valence-corrected chi connectivity index (χ2v) is 16.0. The highest BCUT2D eigenvalue weighted by Gasteiger charge is 2.59. The van der Waals surface area contributed by atoms with E-state index in [2.05, 4.69) is 10.6 Å². The van der Waals surface area contributed by atoms with Gasteiger partial charge < -0.3 is 41.8 Å². The van der Waals surface area contributed by atoms with Gasteiger partial charge in [0.05, 0.1) is 17.4 Å². The van der Waals surface area contributed by atoms with E-state index in [0.29, 0.717) is 32.6 Å². The lowest BCUT2D eigenvalue weighted by molar-refractivity contribution is -0.182. The lowest BCUT2D eigenvalue weighted by atomic mass is 9.50. The number of amides is 2. The first-order chi connectivity index (χ1) is 22.0. The molecule has 4 unspecified atom stereocenters. The number of nitrogens with zero attached hydrogens (tertiary/aromatic N) is 1. The molecule has 0 fully saturated rings. The first-order valence-corrected chi connectivity index (χ1v) is 17.3. The van der Waals surface area contributed by atoms with Crippen molar-refractivity contribution in [3.8, 4) is 0 Å². The zero-order valence-electron chi connectivity index (χ0n) is 31.8. The quantitative estimate of drug-likeness (QED) is 0.0905. The number of aliphatic hydroxyl groups excluding tert-OH is 2. The van der Waals surface area contributed by atoms with E-state index in [-0.39, 0.29) is 70.0 Å². The number of carbonyl (C=O) groups excluding carboxylic acids is 4. The molecule has 0 aliphatic carbocycles. The molecule has 0 aromatic heterocycles. The van der Waals surface area contributed by atoms with Crippen molar-refractivity contribution < 1.29 is 38.9 Å². The molecule has 282 valence electrons. The third kappa shape index (κ3) is 12.9. The van der Waals surface area contributed by atoms with Crippen LogP contribution in [0.3, 0.4) is 0 Å². The minimum atomic E-state index is -1.08. The fourth-order valence-corrected chi connectivity index (χ4v) is 6.39. The van der Waals surface area contributed by atoms with E-state index in [1.54, 1.807) is 4.90 Å². The van der Waals surface area contributed by atoms with E-state index in [1.165, 1.54) is 0 Å². The summed E-state index contributed by atoms with van der Waals surface area (Å²) in [6.45, 7) is 23.0. The fourth-order valence-electron chi connectivity index (χ4n) is 6.39. The molecule has 0 aliphatic heterocycles. The Morgan fingerprint density at radius 2 is 1.25 bits per heavy atom. The van der Waals surface area contributed by atoms with Crippen LogP contribution in [0.5, 0.6) is 0 Å². The first-order valence-electron chi connectivity index (χ1n) is 17.3. The van der Waals surface area contributed by atoms with Gasteiger partial charge >= 0.3 is 11.9 Å². The third-order valence-electron chi connectivity index (χ3n) is 10.5. The summed E-state index contributed by atoms with van der Waals surface area (Å²) in [6.07, 6.45) is -0.309. The maximum Gasteiger partial charge on any atom is 0.312 e.